The summed E-state index contributed by atoms with van der Waals surface area (Å²) in [4.78, 5) is 38.3. The standard InChI is InChI=1S/C46H66ClNO5/c1-28(2)32-16-22-46(23-19-37(49)48-29(3)30-12-11-13-31(47)26-30)25-24-44(9)33(39(32)46)14-15-35-43(8)20-18-36(53-38(50)27-41(4,5)40(51)52)42(6,7)34(43)17-21-45(35,44)10/h11-13,19,23,26,28-29,33-36H,14-18,20-22,24-25,27H2,1-10H3,(H,48,49)(H,51,52). The fraction of sp³-hybridized carbons (Fsp3) is 0.717. The van der Waals surface area contributed by atoms with Gasteiger partial charge in [0.05, 0.1) is 17.9 Å². The fourth-order valence-electron chi connectivity index (χ4n) is 13.2. The number of ether oxygens (including phenoxy) is 1. The zero-order valence-corrected chi connectivity index (χ0v) is 34.9. The summed E-state index contributed by atoms with van der Waals surface area (Å²) >= 11 is 6.25. The predicted molar refractivity (Wildman–Crippen MR) is 212 cm³/mol. The van der Waals surface area contributed by atoms with Crippen molar-refractivity contribution in [3.63, 3.8) is 0 Å². The number of fused-ring (bicyclic) bond motifs is 7. The van der Waals surface area contributed by atoms with Crippen molar-refractivity contribution in [1.29, 1.82) is 0 Å². The number of aliphatic carboxylic acids is 1. The number of carboxylic acids is 1. The summed E-state index contributed by atoms with van der Waals surface area (Å²) in [5, 5.41) is 13.5. The number of carboxylic acid groups (broad SMARTS) is 1. The Hall–Kier alpha value is -2.60. The lowest BCUT2D eigenvalue weighted by Gasteiger charge is -2.72. The van der Waals surface area contributed by atoms with Gasteiger partial charge in [0.15, 0.2) is 0 Å². The SMILES string of the molecule is CC(C)C1=C2C3CCC4C5(C)CCC(OC(=O)CC(C)(C)C(=O)O)C(C)(C)C5CCC4(C)C3(C)CCC2(C=CC(=O)NC(C)c2cccc(Cl)c2)CC1. The number of carbonyl (C=O) groups excluding carboxylic acids is 2. The van der Waals surface area contributed by atoms with Gasteiger partial charge in [0, 0.05) is 15.9 Å². The third kappa shape index (κ3) is 6.63. The first-order valence-corrected chi connectivity index (χ1v) is 20.9. The zero-order valence-electron chi connectivity index (χ0n) is 34.2. The topological polar surface area (TPSA) is 92.7 Å². The third-order valence-corrected chi connectivity index (χ3v) is 16.6. The second-order valence-electron chi connectivity index (χ2n) is 20.2. The van der Waals surface area contributed by atoms with E-state index in [4.69, 9.17) is 16.3 Å². The van der Waals surface area contributed by atoms with Gasteiger partial charge in [0.2, 0.25) is 5.91 Å². The maximum absolute atomic E-state index is 13.4. The van der Waals surface area contributed by atoms with E-state index in [2.05, 4.69) is 59.9 Å². The van der Waals surface area contributed by atoms with Crippen LogP contribution in [0.4, 0.5) is 0 Å². The van der Waals surface area contributed by atoms with Gasteiger partial charge in [-0.2, -0.15) is 0 Å². The fourth-order valence-corrected chi connectivity index (χ4v) is 13.4. The number of hydrogen-bond donors (Lipinski definition) is 2. The summed E-state index contributed by atoms with van der Waals surface area (Å²) in [7, 11) is 0. The molecule has 5 aliphatic carbocycles. The van der Waals surface area contributed by atoms with Gasteiger partial charge in [0.25, 0.3) is 0 Å². The lowest BCUT2D eigenvalue weighted by molar-refractivity contribution is -0.232. The third-order valence-electron chi connectivity index (χ3n) is 16.4. The van der Waals surface area contributed by atoms with E-state index in [0.29, 0.717) is 28.7 Å². The van der Waals surface area contributed by atoms with Crippen molar-refractivity contribution in [3.05, 3.63) is 58.1 Å². The quantitative estimate of drug-likeness (QED) is 0.149. The largest absolute Gasteiger partial charge is 0.481 e. The Labute approximate surface area is 324 Å². The van der Waals surface area contributed by atoms with Gasteiger partial charge in [0.1, 0.15) is 6.10 Å². The first-order valence-electron chi connectivity index (χ1n) is 20.5. The molecule has 7 heteroatoms. The molecule has 4 fully saturated rings. The van der Waals surface area contributed by atoms with Crippen LogP contribution >= 0.6 is 11.6 Å². The number of esters is 1. The second-order valence-corrected chi connectivity index (χ2v) is 20.6. The maximum Gasteiger partial charge on any atom is 0.309 e. The van der Waals surface area contributed by atoms with Crippen LogP contribution in [-0.2, 0) is 19.1 Å². The Bertz CT molecular complexity index is 1690. The minimum absolute atomic E-state index is 0.0473. The molecule has 0 radical (unpaired) electrons. The monoisotopic (exact) mass is 747 g/mol. The first kappa shape index (κ1) is 40.1. The summed E-state index contributed by atoms with van der Waals surface area (Å²) in [5.41, 5.74) is 3.34. The predicted octanol–water partition coefficient (Wildman–Crippen LogP) is 11.3. The Balaban J connectivity index is 1.24. The van der Waals surface area contributed by atoms with E-state index in [0.717, 1.165) is 56.9 Å². The van der Waals surface area contributed by atoms with Crippen molar-refractivity contribution in [1.82, 2.24) is 5.32 Å². The maximum atomic E-state index is 13.4. The molecule has 0 bridgehead atoms. The molecule has 5 aliphatic rings. The van der Waals surface area contributed by atoms with Crippen LogP contribution in [0.25, 0.3) is 0 Å². The summed E-state index contributed by atoms with van der Waals surface area (Å²) in [5.74, 6) is 0.554. The van der Waals surface area contributed by atoms with E-state index >= 15 is 0 Å². The van der Waals surface area contributed by atoms with Crippen LogP contribution in [0.5, 0.6) is 0 Å². The molecular weight excluding hydrogens is 682 g/mol. The van der Waals surface area contributed by atoms with Crippen molar-refractivity contribution in [3.8, 4) is 0 Å². The van der Waals surface area contributed by atoms with Gasteiger partial charge in [-0.3, -0.25) is 14.4 Å². The van der Waals surface area contributed by atoms with Crippen LogP contribution in [-0.4, -0.2) is 29.1 Å². The molecule has 4 saturated carbocycles. The molecule has 9 atom stereocenters. The highest BCUT2D eigenvalue weighted by atomic mass is 35.5. The molecule has 6 nitrogen and oxygen atoms in total. The van der Waals surface area contributed by atoms with Crippen LogP contribution < -0.4 is 5.32 Å². The number of halogens is 1. The molecule has 6 rings (SSSR count). The number of rotatable bonds is 9. The Morgan fingerprint density at radius 1 is 0.943 bits per heavy atom. The smallest absolute Gasteiger partial charge is 0.309 e. The van der Waals surface area contributed by atoms with Crippen LogP contribution in [0.3, 0.4) is 0 Å². The van der Waals surface area contributed by atoms with Crippen LogP contribution in [0, 0.1) is 56.2 Å². The van der Waals surface area contributed by atoms with Gasteiger partial charge in [-0.25, -0.2) is 0 Å². The summed E-state index contributed by atoms with van der Waals surface area (Å²) in [6.45, 7) is 22.4. The number of carbonyl (C=O) groups is 3. The molecule has 2 N–H and O–H groups in total. The van der Waals surface area contributed by atoms with Crippen LogP contribution in [0.2, 0.25) is 5.02 Å². The average Bonchev–Trinajstić information content (AvgIpc) is 3.45. The van der Waals surface area contributed by atoms with E-state index < -0.39 is 17.4 Å². The van der Waals surface area contributed by atoms with E-state index in [1.165, 1.54) is 12.8 Å². The van der Waals surface area contributed by atoms with Gasteiger partial charge in [-0.15, -0.1) is 0 Å². The Morgan fingerprint density at radius 3 is 2.32 bits per heavy atom. The molecule has 53 heavy (non-hydrogen) atoms. The number of allylic oxidation sites excluding steroid dienone is 3. The van der Waals surface area contributed by atoms with E-state index in [1.54, 1.807) is 25.0 Å². The lowest BCUT2D eigenvalue weighted by atomic mass is 9.33. The van der Waals surface area contributed by atoms with Gasteiger partial charge >= 0.3 is 11.9 Å². The van der Waals surface area contributed by atoms with Gasteiger partial charge < -0.3 is 15.2 Å². The summed E-state index contributed by atoms with van der Waals surface area (Å²) in [6, 6.07) is 7.57. The normalized spacial score (nSPS) is 37.0. The van der Waals surface area contributed by atoms with Crippen LogP contribution in [0.15, 0.2) is 47.6 Å². The Morgan fingerprint density at radius 2 is 1.66 bits per heavy atom. The van der Waals surface area contributed by atoms with Crippen molar-refractivity contribution in [2.45, 2.75) is 152 Å². The van der Waals surface area contributed by atoms with Gasteiger partial charge in [-0.05, 0) is 149 Å². The van der Waals surface area contributed by atoms with Crippen molar-refractivity contribution in [2.24, 2.45) is 56.2 Å². The lowest BCUT2D eigenvalue weighted by Crippen LogP contribution is -2.65. The van der Waals surface area contributed by atoms with Crippen molar-refractivity contribution in [2.75, 3.05) is 0 Å². The van der Waals surface area contributed by atoms with E-state index in [1.807, 2.05) is 37.3 Å². The van der Waals surface area contributed by atoms with E-state index in [-0.39, 0.29) is 51.5 Å². The van der Waals surface area contributed by atoms with Gasteiger partial charge in [-0.1, -0.05) is 89.4 Å². The molecule has 0 spiro atoms. The highest BCUT2D eigenvalue weighted by molar-refractivity contribution is 6.30. The minimum Gasteiger partial charge on any atom is -0.481 e. The van der Waals surface area contributed by atoms with Crippen molar-refractivity contribution >= 4 is 29.4 Å². The number of amides is 1. The van der Waals surface area contributed by atoms with E-state index in [9.17, 15) is 19.5 Å². The van der Waals surface area contributed by atoms with Crippen molar-refractivity contribution < 1.29 is 24.2 Å². The Kier molecular flexibility index (Phi) is 10.5. The molecule has 0 aromatic heterocycles. The molecule has 1 amide bonds. The minimum atomic E-state index is -1.15. The molecule has 0 aliphatic heterocycles. The highest BCUT2D eigenvalue weighted by Gasteiger charge is 2.69. The molecule has 292 valence electrons. The zero-order chi connectivity index (χ0) is 38.9. The first-order chi connectivity index (χ1) is 24.6. The molecular formula is C46H66ClNO5. The number of nitrogens with one attached hydrogen (secondary N) is 1. The summed E-state index contributed by atoms with van der Waals surface area (Å²) in [6.07, 6.45) is 14.8. The number of hydrogen-bond acceptors (Lipinski definition) is 4. The number of benzene rings is 1. The molecule has 1 aromatic rings. The second kappa shape index (κ2) is 13.9. The highest BCUT2D eigenvalue weighted by Crippen LogP contribution is 2.77. The molecule has 0 saturated heterocycles. The molecule has 1 aromatic carbocycles. The molecule has 0 heterocycles. The molecule has 9 unspecified atom stereocenters. The summed E-state index contributed by atoms with van der Waals surface area (Å²) < 4.78 is 6.19. The average molecular weight is 748 g/mol. The van der Waals surface area contributed by atoms with Crippen LogP contribution in [0.1, 0.15) is 151 Å².